The monoisotopic (exact) mass is 368 g/mol. The zero-order chi connectivity index (χ0) is 17.6. The number of amides is 2. The van der Waals surface area contributed by atoms with Crippen LogP contribution in [0.2, 0.25) is 0 Å². The number of rotatable bonds is 5. The van der Waals surface area contributed by atoms with Crippen LogP contribution in [0, 0.1) is 0 Å². The Bertz CT molecular complexity index is 892. The lowest BCUT2D eigenvalue weighted by Crippen LogP contribution is -2.14. The lowest BCUT2D eigenvalue weighted by Gasteiger charge is -2.10. The number of benzene rings is 2. The largest absolute Gasteiger partial charge is 0.321 e. The Hall–Kier alpha value is -2.57. The van der Waals surface area contributed by atoms with Crippen molar-refractivity contribution < 1.29 is 9.59 Å². The molecule has 0 spiro atoms. The molecule has 0 aliphatic carbocycles. The van der Waals surface area contributed by atoms with E-state index < -0.39 is 0 Å². The molecule has 3 rings (SSSR count). The van der Waals surface area contributed by atoms with Gasteiger partial charge >= 0.3 is 0 Å². The first-order valence-corrected chi connectivity index (χ1v) is 9.67. The molecule has 0 unspecified atom stereocenters. The standard InChI is InChI=1S/C19H16N2O2S2/c1-24-16-9-3-2-8-15(16)21-18(22)13-6-4-7-14(12-13)20-19(23)17-10-5-11-25-17/h2-12H,1H3,(H,20,23)(H,21,22). The zero-order valence-electron chi connectivity index (χ0n) is 13.5. The van der Waals surface area contributed by atoms with Gasteiger partial charge in [0.1, 0.15) is 0 Å². The highest BCUT2D eigenvalue weighted by molar-refractivity contribution is 7.98. The summed E-state index contributed by atoms with van der Waals surface area (Å²) in [7, 11) is 0. The van der Waals surface area contributed by atoms with E-state index >= 15 is 0 Å². The fraction of sp³-hybridized carbons (Fsp3) is 0.0526. The number of hydrogen-bond acceptors (Lipinski definition) is 4. The molecule has 1 aromatic heterocycles. The van der Waals surface area contributed by atoms with E-state index in [1.807, 2.05) is 42.0 Å². The van der Waals surface area contributed by atoms with Gasteiger partial charge in [0, 0.05) is 16.1 Å². The van der Waals surface area contributed by atoms with Crippen molar-refractivity contribution in [3.8, 4) is 0 Å². The Balaban J connectivity index is 1.74. The van der Waals surface area contributed by atoms with Crippen LogP contribution < -0.4 is 10.6 Å². The zero-order valence-corrected chi connectivity index (χ0v) is 15.1. The highest BCUT2D eigenvalue weighted by Gasteiger charge is 2.11. The summed E-state index contributed by atoms with van der Waals surface area (Å²) >= 11 is 2.95. The van der Waals surface area contributed by atoms with Crippen LogP contribution in [0.1, 0.15) is 20.0 Å². The molecule has 2 N–H and O–H groups in total. The summed E-state index contributed by atoms with van der Waals surface area (Å²) in [5, 5.41) is 7.58. The third-order valence-electron chi connectivity index (χ3n) is 3.48. The van der Waals surface area contributed by atoms with E-state index in [4.69, 9.17) is 0 Å². The molecule has 4 nitrogen and oxygen atoms in total. The number of carbonyl (C=O) groups is 2. The lowest BCUT2D eigenvalue weighted by molar-refractivity contribution is 0.101. The van der Waals surface area contributed by atoms with Crippen LogP contribution in [0.5, 0.6) is 0 Å². The first-order valence-electron chi connectivity index (χ1n) is 7.56. The van der Waals surface area contributed by atoms with Crippen molar-refractivity contribution >= 4 is 46.3 Å². The van der Waals surface area contributed by atoms with E-state index in [0.717, 1.165) is 10.6 Å². The molecule has 6 heteroatoms. The molecule has 3 aromatic rings. The molecule has 126 valence electrons. The van der Waals surface area contributed by atoms with Crippen LogP contribution in [0.3, 0.4) is 0 Å². The van der Waals surface area contributed by atoms with E-state index in [0.29, 0.717) is 16.1 Å². The number of anilines is 2. The van der Waals surface area contributed by atoms with Gasteiger partial charge in [-0.3, -0.25) is 9.59 Å². The van der Waals surface area contributed by atoms with E-state index in [1.165, 1.54) is 11.3 Å². The smallest absolute Gasteiger partial charge is 0.265 e. The van der Waals surface area contributed by atoms with Gasteiger partial charge in [-0.05, 0) is 48.0 Å². The van der Waals surface area contributed by atoms with Gasteiger partial charge < -0.3 is 10.6 Å². The van der Waals surface area contributed by atoms with Gasteiger partial charge in [0.25, 0.3) is 11.8 Å². The number of hydrogen-bond donors (Lipinski definition) is 2. The van der Waals surface area contributed by atoms with Gasteiger partial charge in [-0.25, -0.2) is 0 Å². The summed E-state index contributed by atoms with van der Waals surface area (Å²) in [4.78, 5) is 26.3. The Morgan fingerprint density at radius 3 is 2.52 bits per heavy atom. The molecule has 1 heterocycles. The predicted octanol–water partition coefficient (Wildman–Crippen LogP) is 4.97. The number of thioether (sulfide) groups is 1. The Morgan fingerprint density at radius 2 is 1.76 bits per heavy atom. The van der Waals surface area contributed by atoms with Crippen LogP contribution in [-0.2, 0) is 0 Å². The SMILES string of the molecule is CSc1ccccc1NC(=O)c1cccc(NC(=O)c2cccs2)c1. The summed E-state index contributed by atoms with van der Waals surface area (Å²) in [6, 6.07) is 18.1. The maximum Gasteiger partial charge on any atom is 0.265 e. The quantitative estimate of drug-likeness (QED) is 0.625. The van der Waals surface area contributed by atoms with Gasteiger partial charge in [-0.2, -0.15) is 0 Å². The third-order valence-corrected chi connectivity index (χ3v) is 5.15. The van der Waals surface area contributed by atoms with Crippen molar-refractivity contribution in [3.63, 3.8) is 0 Å². The van der Waals surface area contributed by atoms with Crippen LogP contribution in [-0.4, -0.2) is 18.1 Å². The summed E-state index contributed by atoms with van der Waals surface area (Å²) < 4.78 is 0. The second-order valence-electron chi connectivity index (χ2n) is 5.17. The summed E-state index contributed by atoms with van der Waals surface area (Å²) in [6.07, 6.45) is 1.96. The minimum absolute atomic E-state index is 0.180. The summed E-state index contributed by atoms with van der Waals surface area (Å²) in [5.41, 5.74) is 1.84. The first-order chi connectivity index (χ1) is 12.2. The van der Waals surface area contributed by atoms with Gasteiger partial charge in [0.2, 0.25) is 0 Å². The van der Waals surface area contributed by atoms with Crippen molar-refractivity contribution in [1.82, 2.24) is 0 Å². The first kappa shape index (κ1) is 17.3. The topological polar surface area (TPSA) is 58.2 Å². The van der Waals surface area contributed by atoms with E-state index in [1.54, 1.807) is 42.1 Å². The normalized spacial score (nSPS) is 10.3. The molecule has 0 atom stereocenters. The average Bonchev–Trinajstić information content (AvgIpc) is 3.17. The molecule has 0 bridgehead atoms. The molecule has 2 amide bonds. The highest BCUT2D eigenvalue weighted by Crippen LogP contribution is 2.25. The Morgan fingerprint density at radius 1 is 0.920 bits per heavy atom. The second-order valence-corrected chi connectivity index (χ2v) is 6.96. The molecule has 2 aromatic carbocycles. The van der Waals surface area contributed by atoms with Gasteiger partial charge in [-0.1, -0.05) is 24.3 Å². The molecular formula is C19H16N2O2S2. The minimum atomic E-state index is -0.214. The molecule has 0 aliphatic heterocycles. The van der Waals surface area contributed by atoms with Crippen molar-refractivity contribution in [3.05, 3.63) is 76.5 Å². The lowest BCUT2D eigenvalue weighted by atomic mass is 10.1. The maximum atomic E-state index is 12.5. The number of thiophene rings is 1. The van der Waals surface area contributed by atoms with Crippen LogP contribution in [0.15, 0.2) is 70.9 Å². The van der Waals surface area contributed by atoms with Crippen molar-refractivity contribution in [2.75, 3.05) is 16.9 Å². The molecule has 0 saturated carbocycles. The number of carbonyl (C=O) groups excluding carboxylic acids is 2. The van der Waals surface area contributed by atoms with E-state index in [9.17, 15) is 9.59 Å². The summed E-state index contributed by atoms with van der Waals surface area (Å²) in [6.45, 7) is 0. The molecule has 25 heavy (non-hydrogen) atoms. The van der Waals surface area contributed by atoms with E-state index in [2.05, 4.69) is 10.6 Å². The fourth-order valence-corrected chi connectivity index (χ4v) is 3.45. The molecular weight excluding hydrogens is 352 g/mol. The van der Waals surface area contributed by atoms with E-state index in [-0.39, 0.29) is 11.8 Å². The Labute approximate surface area is 154 Å². The second kappa shape index (κ2) is 8.00. The van der Waals surface area contributed by atoms with Gasteiger partial charge in [0.15, 0.2) is 0 Å². The van der Waals surface area contributed by atoms with Crippen LogP contribution >= 0.6 is 23.1 Å². The van der Waals surface area contributed by atoms with Crippen LogP contribution in [0.25, 0.3) is 0 Å². The molecule has 0 aliphatic rings. The predicted molar refractivity (Wildman–Crippen MR) is 105 cm³/mol. The third kappa shape index (κ3) is 4.29. The minimum Gasteiger partial charge on any atom is -0.321 e. The molecule has 0 fully saturated rings. The van der Waals surface area contributed by atoms with Crippen molar-refractivity contribution in [2.24, 2.45) is 0 Å². The Kier molecular flexibility index (Phi) is 5.53. The summed E-state index contributed by atoms with van der Waals surface area (Å²) in [5.74, 6) is -0.394. The number of nitrogens with one attached hydrogen (secondary N) is 2. The highest BCUT2D eigenvalue weighted by atomic mass is 32.2. The van der Waals surface area contributed by atoms with Crippen molar-refractivity contribution in [1.29, 1.82) is 0 Å². The maximum absolute atomic E-state index is 12.5. The van der Waals surface area contributed by atoms with Gasteiger partial charge in [-0.15, -0.1) is 23.1 Å². The number of para-hydroxylation sites is 1. The molecule has 0 saturated heterocycles. The molecule has 0 radical (unpaired) electrons. The average molecular weight is 368 g/mol. The van der Waals surface area contributed by atoms with Crippen LogP contribution in [0.4, 0.5) is 11.4 Å². The van der Waals surface area contributed by atoms with Gasteiger partial charge in [0.05, 0.1) is 10.6 Å². The van der Waals surface area contributed by atoms with Crippen molar-refractivity contribution in [2.45, 2.75) is 4.90 Å². The fourth-order valence-electron chi connectivity index (χ4n) is 2.28.